The van der Waals surface area contributed by atoms with Gasteiger partial charge in [0.1, 0.15) is 0 Å². The molecule has 1 aliphatic rings. The van der Waals surface area contributed by atoms with E-state index in [9.17, 15) is 8.42 Å². The lowest BCUT2D eigenvalue weighted by Crippen LogP contribution is -2.48. The summed E-state index contributed by atoms with van der Waals surface area (Å²) in [6.07, 6.45) is 2.37. The molecule has 0 aliphatic carbocycles. The van der Waals surface area contributed by atoms with Crippen LogP contribution in [0, 0.1) is 11.8 Å². The van der Waals surface area contributed by atoms with Crippen LogP contribution in [-0.2, 0) is 10.0 Å². The van der Waals surface area contributed by atoms with Crippen LogP contribution in [0.15, 0.2) is 0 Å². The molecule has 1 rings (SSSR count). The zero-order valence-electron chi connectivity index (χ0n) is 10.5. The first-order valence-electron chi connectivity index (χ1n) is 6.11. The summed E-state index contributed by atoms with van der Waals surface area (Å²) in [5.74, 6) is 0.943. The fourth-order valence-electron chi connectivity index (χ4n) is 2.10. The molecule has 1 aliphatic heterocycles. The Balaban J connectivity index is 2.38. The summed E-state index contributed by atoms with van der Waals surface area (Å²) in [6, 6.07) is 0.288. The molecule has 2 unspecified atom stereocenters. The number of sulfonamides is 1. The summed E-state index contributed by atoms with van der Waals surface area (Å²) >= 11 is 0. The second-order valence-electron chi connectivity index (χ2n) is 5.20. The van der Waals surface area contributed by atoms with Gasteiger partial charge in [0.05, 0.1) is 5.75 Å². The van der Waals surface area contributed by atoms with Crippen molar-refractivity contribution in [1.29, 1.82) is 0 Å². The molecule has 2 N–H and O–H groups in total. The van der Waals surface area contributed by atoms with Crippen molar-refractivity contribution in [3.8, 4) is 0 Å². The molecule has 1 saturated heterocycles. The molecule has 0 aromatic heterocycles. The van der Waals surface area contributed by atoms with Gasteiger partial charge in [-0.25, -0.2) is 13.1 Å². The van der Waals surface area contributed by atoms with E-state index in [2.05, 4.69) is 17.0 Å². The van der Waals surface area contributed by atoms with E-state index in [1.165, 1.54) is 12.8 Å². The Morgan fingerprint density at radius 2 is 2.12 bits per heavy atom. The minimum Gasteiger partial charge on any atom is -0.312 e. The Hall–Kier alpha value is -0.130. The molecule has 4 nitrogen and oxygen atoms in total. The number of nitrogens with one attached hydrogen (secondary N) is 2. The third kappa shape index (κ3) is 4.80. The molecular weight excluding hydrogens is 224 g/mol. The van der Waals surface area contributed by atoms with Crippen molar-refractivity contribution in [1.82, 2.24) is 10.0 Å². The predicted molar refractivity (Wildman–Crippen MR) is 66.8 cm³/mol. The monoisotopic (exact) mass is 248 g/mol. The average molecular weight is 248 g/mol. The normalized spacial score (nSPS) is 27.2. The molecule has 2 atom stereocenters. The zero-order chi connectivity index (χ0) is 12.2. The van der Waals surface area contributed by atoms with Crippen LogP contribution in [0.5, 0.6) is 0 Å². The van der Waals surface area contributed by atoms with Gasteiger partial charge in [0.2, 0.25) is 10.0 Å². The summed E-state index contributed by atoms with van der Waals surface area (Å²) in [4.78, 5) is 0. The molecule has 0 radical (unpaired) electrons. The Bertz CT molecular complexity index is 301. The smallest absolute Gasteiger partial charge is 0.211 e. The summed E-state index contributed by atoms with van der Waals surface area (Å²) in [6.45, 7) is 7.53. The fourth-order valence-corrected chi connectivity index (χ4v) is 3.53. The van der Waals surface area contributed by atoms with Gasteiger partial charge in [-0.1, -0.05) is 20.8 Å². The molecule has 16 heavy (non-hydrogen) atoms. The highest BCUT2D eigenvalue weighted by Crippen LogP contribution is 2.15. The van der Waals surface area contributed by atoms with Crippen LogP contribution >= 0.6 is 0 Å². The van der Waals surface area contributed by atoms with E-state index in [-0.39, 0.29) is 17.7 Å². The summed E-state index contributed by atoms with van der Waals surface area (Å²) in [5, 5.41) is 3.37. The highest BCUT2D eigenvalue weighted by Gasteiger charge is 2.22. The van der Waals surface area contributed by atoms with Gasteiger partial charge in [-0.2, -0.15) is 0 Å². The highest BCUT2D eigenvalue weighted by atomic mass is 32.2. The molecule has 1 heterocycles. The lowest BCUT2D eigenvalue weighted by Gasteiger charge is -2.30. The van der Waals surface area contributed by atoms with Crippen LogP contribution in [0.4, 0.5) is 0 Å². The lowest BCUT2D eigenvalue weighted by molar-refractivity contribution is 0.300. The van der Waals surface area contributed by atoms with E-state index in [1.807, 2.05) is 13.8 Å². The van der Waals surface area contributed by atoms with Crippen molar-refractivity contribution in [3.63, 3.8) is 0 Å². The largest absolute Gasteiger partial charge is 0.312 e. The molecular formula is C11H24N2O2S. The van der Waals surface area contributed by atoms with Gasteiger partial charge >= 0.3 is 0 Å². The van der Waals surface area contributed by atoms with E-state index >= 15 is 0 Å². The van der Waals surface area contributed by atoms with Crippen LogP contribution in [-0.4, -0.2) is 33.3 Å². The maximum atomic E-state index is 11.7. The zero-order valence-corrected chi connectivity index (χ0v) is 11.3. The highest BCUT2D eigenvalue weighted by molar-refractivity contribution is 7.89. The van der Waals surface area contributed by atoms with Crippen LogP contribution in [0.1, 0.15) is 33.6 Å². The standard InChI is InChI=1S/C11H24N2O2S/c1-9(2)8-16(14,15)13-7-11-10(3)5-4-6-12-11/h9-13H,4-8H2,1-3H3. The van der Waals surface area contributed by atoms with Crippen molar-refractivity contribution >= 4 is 10.0 Å². The molecule has 0 saturated carbocycles. The predicted octanol–water partition coefficient (Wildman–Crippen LogP) is 0.950. The van der Waals surface area contributed by atoms with Gasteiger partial charge in [-0.05, 0) is 31.2 Å². The van der Waals surface area contributed by atoms with E-state index in [0.29, 0.717) is 12.5 Å². The fraction of sp³-hybridized carbons (Fsp3) is 1.00. The van der Waals surface area contributed by atoms with Crippen molar-refractivity contribution in [2.24, 2.45) is 11.8 Å². The minimum absolute atomic E-state index is 0.175. The lowest BCUT2D eigenvalue weighted by atomic mass is 9.93. The maximum Gasteiger partial charge on any atom is 0.211 e. The molecule has 1 fully saturated rings. The second kappa shape index (κ2) is 5.98. The number of rotatable bonds is 5. The van der Waals surface area contributed by atoms with Gasteiger partial charge in [-0.15, -0.1) is 0 Å². The Morgan fingerprint density at radius 3 is 2.69 bits per heavy atom. The Labute approximate surface area is 99.2 Å². The second-order valence-corrected chi connectivity index (χ2v) is 7.06. The number of hydrogen-bond acceptors (Lipinski definition) is 3. The van der Waals surface area contributed by atoms with Crippen molar-refractivity contribution < 1.29 is 8.42 Å². The van der Waals surface area contributed by atoms with Crippen LogP contribution in [0.2, 0.25) is 0 Å². The van der Waals surface area contributed by atoms with Crippen LogP contribution in [0.25, 0.3) is 0 Å². The van der Waals surface area contributed by atoms with E-state index < -0.39 is 10.0 Å². The van der Waals surface area contributed by atoms with E-state index in [0.717, 1.165) is 6.54 Å². The first-order chi connectivity index (χ1) is 7.41. The van der Waals surface area contributed by atoms with Gasteiger partial charge in [0.15, 0.2) is 0 Å². The number of hydrogen-bond donors (Lipinski definition) is 2. The van der Waals surface area contributed by atoms with Crippen molar-refractivity contribution in [3.05, 3.63) is 0 Å². The molecule has 0 amide bonds. The Morgan fingerprint density at radius 1 is 1.44 bits per heavy atom. The minimum atomic E-state index is -3.09. The maximum absolute atomic E-state index is 11.7. The summed E-state index contributed by atoms with van der Waals surface area (Å²) in [7, 11) is -3.09. The third-order valence-corrected chi connectivity index (χ3v) is 4.72. The average Bonchev–Trinajstić information content (AvgIpc) is 2.14. The summed E-state index contributed by atoms with van der Waals surface area (Å²) in [5.41, 5.74) is 0. The van der Waals surface area contributed by atoms with Gasteiger partial charge < -0.3 is 5.32 Å². The first kappa shape index (κ1) is 13.9. The molecule has 5 heteroatoms. The van der Waals surface area contributed by atoms with Crippen molar-refractivity contribution in [2.45, 2.75) is 39.7 Å². The van der Waals surface area contributed by atoms with E-state index in [1.54, 1.807) is 0 Å². The van der Waals surface area contributed by atoms with Gasteiger partial charge in [0, 0.05) is 12.6 Å². The van der Waals surface area contributed by atoms with Crippen molar-refractivity contribution in [2.75, 3.05) is 18.8 Å². The van der Waals surface area contributed by atoms with E-state index in [4.69, 9.17) is 0 Å². The molecule has 0 aromatic rings. The molecule has 96 valence electrons. The van der Waals surface area contributed by atoms with Crippen LogP contribution in [0.3, 0.4) is 0 Å². The molecule has 0 aromatic carbocycles. The third-order valence-electron chi connectivity index (χ3n) is 3.01. The van der Waals surface area contributed by atoms with Crippen LogP contribution < -0.4 is 10.0 Å². The van der Waals surface area contributed by atoms with Gasteiger partial charge in [0.25, 0.3) is 0 Å². The van der Waals surface area contributed by atoms with Gasteiger partial charge in [-0.3, -0.25) is 0 Å². The first-order valence-corrected chi connectivity index (χ1v) is 7.76. The number of piperidine rings is 1. The summed E-state index contributed by atoms with van der Waals surface area (Å²) < 4.78 is 26.0. The molecule has 0 spiro atoms. The Kier molecular flexibility index (Phi) is 5.21. The SMILES string of the molecule is CC(C)CS(=O)(=O)NCC1NCCCC1C. The quantitative estimate of drug-likeness (QED) is 0.761. The topological polar surface area (TPSA) is 58.2 Å². The molecule has 0 bridgehead atoms.